The Balaban J connectivity index is 1.84. The van der Waals surface area contributed by atoms with Crippen molar-refractivity contribution in [2.45, 2.75) is 44.3 Å². The molecule has 2 N–H and O–H groups in total. The van der Waals surface area contributed by atoms with Gasteiger partial charge in [0.05, 0.1) is 5.56 Å². The van der Waals surface area contributed by atoms with Crippen LogP contribution in [0.4, 0.5) is 13.2 Å². The Morgan fingerprint density at radius 2 is 1.78 bits per heavy atom. The van der Waals surface area contributed by atoms with Crippen LogP contribution in [0.2, 0.25) is 0 Å². The zero-order valence-electron chi connectivity index (χ0n) is 10.2. The van der Waals surface area contributed by atoms with E-state index in [4.69, 9.17) is 5.73 Å². The Bertz CT molecular complexity index is 379. The average Bonchev–Trinajstić information content (AvgIpc) is 3.09. The summed E-state index contributed by atoms with van der Waals surface area (Å²) >= 11 is 0. The van der Waals surface area contributed by atoms with Crippen molar-refractivity contribution >= 4 is 0 Å². The minimum atomic E-state index is -4.26. The number of rotatable bonds is 5. The maximum absolute atomic E-state index is 12.4. The first-order valence-corrected chi connectivity index (χ1v) is 6.37. The number of halogens is 3. The van der Waals surface area contributed by atoms with E-state index in [1.165, 1.54) is 25.0 Å². The van der Waals surface area contributed by atoms with Crippen LogP contribution >= 0.6 is 0 Å². The SMILES string of the molecule is NC(CCC1CC1)Cc1ccc(C(F)(F)F)cc1. The maximum atomic E-state index is 12.4. The quantitative estimate of drug-likeness (QED) is 0.853. The molecule has 100 valence electrons. The van der Waals surface area contributed by atoms with Crippen molar-refractivity contribution in [2.24, 2.45) is 11.7 Å². The molecule has 0 heterocycles. The fraction of sp³-hybridized carbons (Fsp3) is 0.571. The van der Waals surface area contributed by atoms with Crippen molar-refractivity contribution in [3.8, 4) is 0 Å². The van der Waals surface area contributed by atoms with Gasteiger partial charge in [-0.1, -0.05) is 25.0 Å². The van der Waals surface area contributed by atoms with E-state index in [9.17, 15) is 13.2 Å². The van der Waals surface area contributed by atoms with Gasteiger partial charge in [-0.15, -0.1) is 0 Å². The molecule has 2 rings (SSSR count). The Morgan fingerprint density at radius 1 is 1.17 bits per heavy atom. The van der Waals surface area contributed by atoms with Gasteiger partial charge in [-0.25, -0.2) is 0 Å². The van der Waals surface area contributed by atoms with Crippen LogP contribution in [0.5, 0.6) is 0 Å². The Kier molecular flexibility index (Phi) is 3.95. The molecule has 0 amide bonds. The van der Waals surface area contributed by atoms with Crippen LogP contribution in [0.1, 0.15) is 36.8 Å². The molecule has 1 unspecified atom stereocenters. The van der Waals surface area contributed by atoms with E-state index in [0.717, 1.165) is 36.5 Å². The summed E-state index contributed by atoms with van der Waals surface area (Å²) in [6.07, 6.45) is 1.14. The van der Waals surface area contributed by atoms with Crippen molar-refractivity contribution in [3.05, 3.63) is 35.4 Å². The van der Waals surface area contributed by atoms with E-state index < -0.39 is 11.7 Å². The number of hydrogen-bond donors (Lipinski definition) is 1. The average molecular weight is 257 g/mol. The highest BCUT2D eigenvalue weighted by Crippen LogP contribution is 2.34. The van der Waals surface area contributed by atoms with E-state index in [-0.39, 0.29) is 6.04 Å². The van der Waals surface area contributed by atoms with E-state index in [1.54, 1.807) is 0 Å². The van der Waals surface area contributed by atoms with Crippen LogP contribution < -0.4 is 5.73 Å². The molecule has 1 atom stereocenters. The van der Waals surface area contributed by atoms with Crippen molar-refractivity contribution < 1.29 is 13.2 Å². The fourth-order valence-electron chi connectivity index (χ4n) is 2.09. The van der Waals surface area contributed by atoms with Gasteiger partial charge in [0.25, 0.3) is 0 Å². The zero-order chi connectivity index (χ0) is 13.2. The molecule has 0 bridgehead atoms. The van der Waals surface area contributed by atoms with Gasteiger partial charge in [0.1, 0.15) is 0 Å². The van der Waals surface area contributed by atoms with Crippen molar-refractivity contribution in [2.75, 3.05) is 0 Å². The third kappa shape index (κ3) is 4.02. The third-order valence-corrected chi connectivity index (χ3v) is 3.42. The molecule has 1 aliphatic carbocycles. The molecule has 4 heteroatoms. The second-order valence-corrected chi connectivity index (χ2v) is 5.18. The summed E-state index contributed by atoms with van der Waals surface area (Å²) in [5, 5.41) is 0. The van der Waals surface area contributed by atoms with E-state index in [1.807, 2.05) is 0 Å². The molecule has 0 spiro atoms. The topological polar surface area (TPSA) is 26.0 Å². The second-order valence-electron chi connectivity index (χ2n) is 5.18. The normalized spacial score (nSPS) is 17.8. The minimum Gasteiger partial charge on any atom is -0.327 e. The maximum Gasteiger partial charge on any atom is 0.416 e. The van der Waals surface area contributed by atoms with Crippen LogP contribution in [0.3, 0.4) is 0 Å². The molecule has 1 nitrogen and oxygen atoms in total. The second kappa shape index (κ2) is 5.31. The molecular weight excluding hydrogens is 239 g/mol. The highest BCUT2D eigenvalue weighted by Gasteiger charge is 2.30. The van der Waals surface area contributed by atoms with Crippen molar-refractivity contribution in [1.82, 2.24) is 0 Å². The van der Waals surface area contributed by atoms with E-state index in [0.29, 0.717) is 6.42 Å². The summed E-state index contributed by atoms with van der Waals surface area (Å²) in [5.41, 5.74) is 6.26. The number of hydrogen-bond acceptors (Lipinski definition) is 1. The number of benzene rings is 1. The predicted molar refractivity (Wildman–Crippen MR) is 65.1 cm³/mol. The molecule has 1 aromatic rings. The zero-order valence-corrected chi connectivity index (χ0v) is 10.2. The lowest BCUT2D eigenvalue weighted by molar-refractivity contribution is -0.137. The van der Waals surface area contributed by atoms with Gasteiger partial charge in [-0.05, 0) is 42.9 Å². The van der Waals surface area contributed by atoms with Gasteiger partial charge < -0.3 is 5.73 Å². The fourth-order valence-corrected chi connectivity index (χ4v) is 2.09. The first-order chi connectivity index (χ1) is 8.45. The smallest absolute Gasteiger partial charge is 0.327 e. The molecule has 18 heavy (non-hydrogen) atoms. The summed E-state index contributed by atoms with van der Waals surface area (Å²) in [4.78, 5) is 0. The van der Waals surface area contributed by atoms with Crippen LogP contribution in [0, 0.1) is 5.92 Å². The van der Waals surface area contributed by atoms with Crippen LogP contribution in [-0.4, -0.2) is 6.04 Å². The Morgan fingerprint density at radius 3 is 2.28 bits per heavy atom. The molecule has 0 aliphatic heterocycles. The van der Waals surface area contributed by atoms with Gasteiger partial charge >= 0.3 is 6.18 Å². The van der Waals surface area contributed by atoms with Gasteiger partial charge in [0.15, 0.2) is 0 Å². The molecule has 1 aromatic carbocycles. The van der Waals surface area contributed by atoms with E-state index in [2.05, 4.69) is 0 Å². The predicted octanol–water partition coefficient (Wildman–Crippen LogP) is 3.77. The first kappa shape index (κ1) is 13.4. The molecule has 0 radical (unpaired) electrons. The third-order valence-electron chi connectivity index (χ3n) is 3.42. The summed E-state index contributed by atoms with van der Waals surface area (Å²) in [7, 11) is 0. The monoisotopic (exact) mass is 257 g/mol. The minimum absolute atomic E-state index is 0.0577. The van der Waals surface area contributed by atoms with Gasteiger partial charge in [-0.3, -0.25) is 0 Å². The molecule has 1 fully saturated rings. The summed E-state index contributed by atoms with van der Waals surface area (Å²) in [6, 6.07) is 5.37. The molecule has 0 saturated heterocycles. The van der Waals surface area contributed by atoms with Crippen LogP contribution in [0.25, 0.3) is 0 Å². The summed E-state index contributed by atoms with van der Waals surface area (Å²) < 4.78 is 37.1. The van der Waals surface area contributed by atoms with Gasteiger partial charge in [0.2, 0.25) is 0 Å². The molecule has 0 aromatic heterocycles. The number of alkyl halides is 3. The lowest BCUT2D eigenvalue weighted by Gasteiger charge is -2.12. The number of nitrogens with two attached hydrogens (primary N) is 1. The highest BCUT2D eigenvalue weighted by atomic mass is 19.4. The van der Waals surface area contributed by atoms with Crippen LogP contribution in [0.15, 0.2) is 24.3 Å². The largest absolute Gasteiger partial charge is 0.416 e. The summed E-state index contributed by atoms with van der Waals surface area (Å²) in [5.74, 6) is 0.851. The lowest BCUT2D eigenvalue weighted by Crippen LogP contribution is -2.22. The first-order valence-electron chi connectivity index (χ1n) is 6.37. The highest BCUT2D eigenvalue weighted by molar-refractivity contribution is 5.25. The van der Waals surface area contributed by atoms with Crippen LogP contribution in [-0.2, 0) is 12.6 Å². The molecule has 1 saturated carbocycles. The Hall–Kier alpha value is -1.03. The van der Waals surface area contributed by atoms with Gasteiger partial charge in [-0.2, -0.15) is 13.2 Å². The van der Waals surface area contributed by atoms with E-state index >= 15 is 0 Å². The van der Waals surface area contributed by atoms with Crippen molar-refractivity contribution in [1.29, 1.82) is 0 Å². The molecular formula is C14H18F3N. The summed E-state index contributed by atoms with van der Waals surface area (Å²) in [6.45, 7) is 0. The van der Waals surface area contributed by atoms with Crippen molar-refractivity contribution in [3.63, 3.8) is 0 Å². The molecule has 1 aliphatic rings. The Labute approximate surface area is 105 Å². The van der Waals surface area contributed by atoms with Gasteiger partial charge in [0, 0.05) is 6.04 Å². The lowest BCUT2D eigenvalue weighted by atomic mass is 10.0. The standard InChI is InChI=1S/C14H18F3N/c15-14(16,17)12-6-3-11(4-7-12)9-13(18)8-5-10-1-2-10/h3-4,6-7,10,13H,1-2,5,8-9,18H2.